The second kappa shape index (κ2) is 5.52. The first kappa shape index (κ1) is 9.74. The fourth-order valence-corrected chi connectivity index (χ4v) is 1.04. The Bertz CT molecular complexity index is 109. The molecule has 0 radical (unpaired) electrons. The molecule has 1 atom stereocenters. The van der Waals surface area contributed by atoms with Crippen molar-refractivity contribution in [2.75, 3.05) is 18.1 Å². The molecule has 0 saturated heterocycles. The summed E-state index contributed by atoms with van der Waals surface area (Å²) in [5, 5.41) is 16.6. The van der Waals surface area contributed by atoms with Crippen LogP contribution in [-0.4, -0.2) is 40.3 Å². The van der Waals surface area contributed by atoms with Crippen molar-refractivity contribution in [1.29, 1.82) is 0 Å². The van der Waals surface area contributed by atoms with Crippen molar-refractivity contribution in [2.24, 2.45) is 5.73 Å². The molecule has 0 aromatic rings. The number of rotatable bonds is 5. The highest BCUT2D eigenvalue weighted by Gasteiger charge is 2.09. The van der Waals surface area contributed by atoms with Gasteiger partial charge in [-0.15, -0.1) is 0 Å². The van der Waals surface area contributed by atoms with Gasteiger partial charge in [-0.1, -0.05) is 0 Å². The normalized spacial score (nSPS) is 13.0. The molecule has 0 amide bonds. The lowest BCUT2D eigenvalue weighted by molar-refractivity contribution is -0.137. The number of carbonyl (C=O) groups is 1. The number of thioether (sulfide) groups is 1. The summed E-state index contributed by atoms with van der Waals surface area (Å²) in [6, 6.07) is -0.809. The summed E-state index contributed by atoms with van der Waals surface area (Å²) in [5.74, 6) is -0.0953. The van der Waals surface area contributed by atoms with Crippen molar-refractivity contribution in [3.8, 4) is 0 Å². The van der Waals surface area contributed by atoms with Crippen LogP contribution in [0.4, 0.5) is 0 Å². The van der Waals surface area contributed by atoms with Crippen molar-refractivity contribution >= 4 is 17.7 Å². The highest BCUT2D eigenvalue weighted by molar-refractivity contribution is 7.99. The van der Waals surface area contributed by atoms with Gasteiger partial charge in [0.05, 0.1) is 6.61 Å². The average Bonchev–Trinajstić information content (AvgIpc) is 1.88. The Hall–Kier alpha value is -0.260. The quantitative estimate of drug-likeness (QED) is 0.461. The van der Waals surface area contributed by atoms with Gasteiger partial charge in [0, 0.05) is 11.5 Å². The predicted octanol–water partition coefficient (Wildman–Crippen LogP) is -0.876. The van der Waals surface area contributed by atoms with Crippen LogP contribution in [0.3, 0.4) is 0 Å². The highest BCUT2D eigenvalue weighted by Crippen LogP contribution is 1.99. The molecule has 0 aromatic heterocycles. The van der Waals surface area contributed by atoms with E-state index in [1.165, 1.54) is 11.8 Å². The minimum atomic E-state index is -0.995. The minimum absolute atomic E-state index is 0.0665. The number of hydrogen-bond acceptors (Lipinski definition) is 4. The van der Waals surface area contributed by atoms with Crippen LogP contribution in [-0.2, 0) is 4.79 Å². The summed E-state index contributed by atoms with van der Waals surface area (Å²) in [6.07, 6.45) is 0. The third kappa shape index (κ3) is 4.60. The van der Waals surface area contributed by atoms with Crippen LogP contribution in [0.2, 0.25) is 0 Å². The molecule has 60 valence electrons. The van der Waals surface area contributed by atoms with Gasteiger partial charge in [0.1, 0.15) is 6.04 Å². The molecule has 0 aromatic carbocycles. The van der Waals surface area contributed by atoms with E-state index in [9.17, 15) is 4.79 Å². The lowest BCUT2D eigenvalue weighted by Crippen LogP contribution is -2.32. The van der Waals surface area contributed by atoms with Gasteiger partial charge in [0.15, 0.2) is 0 Å². The van der Waals surface area contributed by atoms with Gasteiger partial charge in [-0.2, -0.15) is 11.8 Å². The molecule has 0 fully saturated rings. The molecule has 0 rings (SSSR count). The van der Waals surface area contributed by atoms with E-state index in [1.54, 1.807) is 0 Å². The molecular formula is C5H11NO3S. The number of carboxylic acid groups (broad SMARTS) is 1. The van der Waals surface area contributed by atoms with Gasteiger partial charge in [-0.25, -0.2) is 0 Å². The van der Waals surface area contributed by atoms with E-state index in [0.717, 1.165) is 0 Å². The molecule has 0 aliphatic carbocycles. The standard InChI is InChI=1S/C5H11NO3S/c6-4(5(8)9)3-10-2-1-7/h4,7H,1-3,6H2,(H,8,9)/t4-/m1/s1. The zero-order valence-electron chi connectivity index (χ0n) is 5.49. The first-order chi connectivity index (χ1) is 4.68. The van der Waals surface area contributed by atoms with Gasteiger partial charge in [-0.05, 0) is 0 Å². The van der Waals surface area contributed by atoms with E-state index in [-0.39, 0.29) is 6.61 Å². The molecule has 0 bridgehead atoms. The maximum atomic E-state index is 10.1. The van der Waals surface area contributed by atoms with Gasteiger partial charge < -0.3 is 15.9 Å². The summed E-state index contributed by atoms with van der Waals surface area (Å²) < 4.78 is 0. The molecule has 0 unspecified atom stereocenters. The molecule has 0 aliphatic heterocycles. The van der Waals surface area contributed by atoms with E-state index in [4.69, 9.17) is 15.9 Å². The molecule has 4 N–H and O–H groups in total. The van der Waals surface area contributed by atoms with E-state index in [1.807, 2.05) is 0 Å². The third-order valence-corrected chi connectivity index (χ3v) is 1.92. The zero-order valence-corrected chi connectivity index (χ0v) is 6.30. The number of aliphatic carboxylic acids is 1. The SMILES string of the molecule is N[C@H](CSCCO)C(=O)O. The monoisotopic (exact) mass is 165 g/mol. The number of hydrogen-bond donors (Lipinski definition) is 3. The maximum absolute atomic E-state index is 10.1. The first-order valence-corrected chi connectivity index (χ1v) is 4.01. The summed E-state index contributed by atoms with van der Waals surface area (Å²) in [7, 11) is 0. The molecule has 5 heteroatoms. The van der Waals surface area contributed by atoms with Crippen LogP contribution < -0.4 is 5.73 Å². The Morgan fingerprint density at radius 1 is 1.70 bits per heavy atom. The van der Waals surface area contributed by atoms with Gasteiger partial charge >= 0.3 is 5.97 Å². The minimum Gasteiger partial charge on any atom is -0.480 e. The summed E-state index contributed by atoms with van der Waals surface area (Å²) >= 11 is 1.33. The van der Waals surface area contributed by atoms with E-state index in [0.29, 0.717) is 11.5 Å². The number of aliphatic hydroxyl groups excluding tert-OH is 1. The lowest BCUT2D eigenvalue weighted by Gasteiger charge is -2.03. The van der Waals surface area contributed by atoms with Crippen molar-refractivity contribution in [3.63, 3.8) is 0 Å². The Morgan fingerprint density at radius 3 is 2.70 bits per heavy atom. The molecule has 0 aliphatic rings. The zero-order chi connectivity index (χ0) is 7.98. The van der Waals surface area contributed by atoms with Crippen LogP contribution in [0.15, 0.2) is 0 Å². The van der Waals surface area contributed by atoms with Crippen molar-refractivity contribution in [2.45, 2.75) is 6.04 Å². The fraction of sp³-hybridized carbons (Fsp3) is 0.800. The molecule has 0 spiro atoms. The molecule has 0 saturated carbocycles. The Kier molecular flexibility index (Phi) is 5.38. The van der Waals surface area contributed by atoms with Crippen molar-refractivity contribution in [1.82, 2.24) is 0 Å². The van der Waals surface area contributed by atoms with Crippen molar-refractivity contribution < 1.29 is 15.0 Å². The number of carboxylic acids is 1. The molecule has 10 heavy (non-hydrogen) atoms. The van der Waals surface area contributed by atoms with Crippen LogP contribution in [0.25, 0.3) is 0 Å². The number of nitrogens with two attached hydrogens (primary N) is 1. The summed E-state index contributed by atoms with van der Waals surface area (Å²) in [4.78, 5) is 10.1. The lowest BCUT2D eigenvalue weighted by atomic mass is 10.4. The van der Waals surface area contributed by atoms with Gasteiger partial charge in [0.25, 0.3) is 0 Å². The maximum Gasteiger partial charge on any atom is 0.321 e. The van der Waals surface area contributed by atoms with Gasteiger partial charge in [0.2, 0.25) is 0 Å². The third-order valence-electron chi connectivity index (χ3n) is 0.850. The number of aliphatic hydroxyl groups is 1. The Morgan fingerprint density at radius 2 is 2.30 bits per heavy atom. The summed E-state index contributed by atoms with van der Waals surface area (Å²) in [5.41, 5.74) is 5.16. The fourth-order valence-electron chi connectivity index (χ4n) is 0.346. The second-order valence-electron chi connectivity index (χ2n) is 1.74. The van der Waals surface area contributed by atoms with Crippen molar-refractivity contribution in [3.05, 3.63) is 0 Å². The van der Waals surface area contributed by atoms with E-state index >= 15 is 0 Å². The Labute approximate surface area is 63.4 Å². The predicted molar refractivity (Wildman–Crippen MR) is 40.0 cm³/mol. The van der Waals surface area contributed by atoms with Crippen LogP contribution in [0.5, 0.6) is 0 Å². The largest absolute Gasteiger partial charge is 0.480 e. The summed E-state index contributed by atoms with van der Waals surface area (Å²) in [6.45, 7) is 0.0665. The molecule has 4 nitrogen and oxygen atoms in total. The van der Waals surface area contributed by atoms with Crippen LogP contribution in [0.1, 0.15) is 0 Å². The van der Waals surface area contributed by atoms with E-state index in [2.05, 4.69) is 0 Å². The second-order valence-corrected chi connectivity index (χ2v) is 2.89. The van der Waals surface area contributed by atoms with Crippen LogP contribution in [0, 0.1) is 0 Å². The molecule has 0 heterocycles. The van der Waals surface area contributed by atoms with Gasteiger partial charge in [-0.3, -0.25) is 4.79 Å². The molecular weight excluding hydrogens is 154 g/mol. The van der Waals surface area contributed by atoms with E-state index < -0.39 is 12.0 Å². The first-order valence-electron chi connectivity index (χ1n) is 2.85. The van der Waals surface area contributed by atoms with Crippen LogP contribution >= 0.6 is 11.8 Å². The smallest absolute Gasteiger partial charge is 0.321 e. The Balaban J connectivity index is 3.21. The topological polar surface area (TPSA) is 83.5 Å². The average molecular weight is 165 g/mol. The highest BCUT2D eigenvalue weighted by atomic mass is 32.2.